The highest BCUT2D eigenvalue weighted by molar-refractivity contribution is 5.84. The summed E-state index contributed by atoms with van der Waals surface area (Å²) in [5, 5.41) is 15.4. The standard InChI is InChI=1S/C19H21F3N4O2/c1-26(9-10-27)17-7-5-14(6-8-17)12-24-25-18(28)13-23-16-4-2-3-15(11-16)19(20,21)22/h2-8,11-12,23,27H,9-10,13H2,1H3,(H,25,28)/b24-12+. The quantitative estimate of drug-likeness (QED) is 0.475. The first-order valence-corrected chi connectivity index (χ1v) is 8.44. The van der Waals surface area contributed by atoms with Gasteiger partial charge in [0, 0.05) is 25.0 Å². The molecule has 0 radical (unpaired) electrons. The molecule has 0 aromatic heterocycles. The van der Waals surface area contributed by atoms with Crippen LogP contribution >= 0.6 is 0 Å². The predicted octanol–water partition coefficient (Wildman–Crippen LogP) is 2.70. The van der Waals surface area contributed by atoms with Gasteiger partial charge in [0.2, 0.25) is 0 Å². The maximum atomic E-state index is 12.7. The van der Waals surface area contributed by atoms with Crippen molar-refractivity contribution in [1.82, 2.24) is 5.43 Å². The van der Waals surface area contributed by atoms with Crippen LogP contribution in [0.5, 0.6) is 0 Å². The summed E-state index contributed by atoms with van der Waals surface area (Å²) in [6.45, 7) is 0.353. The molecule has 0 aliphatic heterocycles. The summed E-state index contributed by atoms with van der Waals surface area (Å²) in [6.07, 6.45) is -2.98. The number of halogens is 3. The molecule has 28 heavy (non-hydrogen) atoms. The van der Waals surface area contributed by atoms with E-state index < -0.39 is 17.6 Å². The third-order valence-corrected chi connectivity index (χ3v) is 3.82. The van der Waals surface area contributed by atoms with E-state index in [-0.39, 0.29) is 18.8 Å². The van der Waals surface area contributed by atoms with Gasteiger partial charge in [-0.2, -0.15) is 18.3 Å². The van der Waals surface area contributed by atoms with Crippen molar-refractivity contribution in [2.45, 2.75) is 6.18 Å². The number of nitrogens with zero attached hydrogens (tertiary/aromatic N) is 2. The topological polar surface area (TPSA) is 77.0 Å². The van der Waals surface area contributed by atoms with Gasteiger partial charge in [-0.15, -0.1) is 0 Å². The summed E-state index contributed by atoms with van der Waals surface area (Å²) < 4.78 is 38.0. The van der Waals surface area contributed by atoms with Crippen molar-refractivity contribution in [3.05, 3.63) is 59.7 Å². The molecule has 0 spiro atoms. The van der Waals surface area contributed by atoms with E-state index in [0.29, 0.717) is 6.54 Å². The summed E-state index contributed by atoms with van der Waals surface area (Å²) in [5.41, 5.74) is 3.40. The molecule has 0 saturated heterocycles. The molecule has 0 saturated carbocycles. The highest BCUT2D eigenvalue weighted by atomic mass is 19.4. The number of nitrogens with one attached hydrogen (secondary N) is 2. The van der Waals surface area contributed by atoms with E-state index in [1.54, 1.807) is 12.1 Å². The monoisotopic (exact) mass is 394 g/mol. The Balaban J connectivity index is 1.82. The van der Waals surface area contributed by atoms with Crippen LogP contribution in [0.4, 0.5) is 24.5 Å². The number of hydrogen-bond acceptors (Lipinski definition) is 5. The zero-order valence-corrected chi connectivity index (χ0v) is 15.2. The van der Waals surface area contributed by atoms with Gasteiger partial charge in [-0.3, -0.25) is 4.79 Å². The molecule has 0 unspecified atom stereocenters. The van der Waals surface area contributed by atoms with Crippen LogP contribution in [0.25, 0.3) is 0 Å². The Morgan fingerprint density at radius 3 is 2.57 bits per heavy atom. The number of carbonyl (C=O) groups excluding carboxylic acids is 1. The Morgan fingerprint density at radius 2 is 1.93 bits per heavy atom. The fraction of sp³-hybridized carbons (Fsp3) is 0.263. The first-order valence-electron chi connectivity index (χ1n) is 8.44. The van der Waals surface area contributed by atoms with E-state index in [1.807, 2.05) is 24.1 Å². The number of aliphatic hydroxyl groups is 1. The van der Waals surface area contributed by atoms with E-state index in [1.165, 1.54) is 18.3 Å². The average Bonchev–Trinajstić information content (AvgIpc) is 2.67. The number of hydrogen-bond donors (Lipinski definition) is 3. The van der Waals surface area contributed by atoms with Gasteiger partial charge < -0.3 is 15.3 Å². The van der Waals surface area contributed by atoms with Crippen molar-refractivity contribution >= 4 is 23.5 Å². The van der Waals surface area contributed by atoms with Crippen molar-refractivity contribution in [2.24, 2.45) is 5.10 Å². The molecular weight excluding hydrogens is 373 g/mol. The molecule has 150 valence electrons. The zero-order valence-electron chi connectivity index (χ0n) is 15.2. The van der Waals surface area contributed by atoms with Crippen molar-refractivity contribution in [3.8, 4) is 0 Å². The second-order valence-electron chi connectivity index (χ2n) is 5.96. The van der Waals surface area contributed by atoms with E-state index in [4.69, 9.17) is 5.11 Å². The van der Waals surface area contributed by atoms with Crippen molar-refractivity contribution < 1.29 is 23.1 Å². The summed E-state index contributed by atoms with van der Waals surface area (Å²) in [4.78, 5) is 13.7. The molecule has 0 bridgehead atoms. The van der Waals surface area contributed by atoms with Crippen LogP contribution in [0.3, 0.4) is 0 Å². The summed E-state index contributed by atoms with van der Waals surface area (Å²) >= 11 is 0. The largest absolute Gasteiger partial charge is 0.416 e. The van der Waals surface area contributed by atoms with Gasteiger partial charge in [0.15, 0.2) is 0 Å². The minimum Gasteiger partial charge on any atom is -0.395 e. The fourth-order valence-electron chi connectivity index (χ4n) is 2.30. The number of aliphatic hydroxyl groups excluding tert-OH is 1. The third kappa shape index (κ3) is 6.58. The van der Waals surface area contributed by atoms with Crippen LogP contribution in [0.15, 0.2) is 53.6 Å². The van der Waals surface area contributed by atoms with Gasteiger partial charge in [0.1, 0.15) is 0 Å². The molecule has 2 rings (SSSR count). The first kappa shape index (κ1) is 21.2. The molecule has 6 nitrogen and oxygen atoms in total. The number of benzene rings is 2. The molecule has 0 aliphatic rings. The maximum Gasteiger partial charge on any atom is 0.416 e. The molecule has 2 aromatic rings. The summed E-state index contributed by atoms with van der Waals surface area (Å²) in [7, 11) is 1.86. The van der Waals surface area contributed by atoms with E-state index in [9.17, 15) is 18.0 Å². The van der Waals surface area contributed by atoms with Crippen LogP contribution in [0, 0.1) is 0 Å². The van der Waals surface area contributed by atoms with E-state index in [0.717, 1.165) is 23.4 Å². The minimum absolute atomic E-state index is 0.0558. The van der Waals surface area contributed by atoms with Gasteiger partial charge in [0.05, 0.1) is 24.9 Å². The molecule has 1 amide bonds. The van der Waals surface area contributed by atoms with Gasteiger partial charge in [0.25, 0.3) is 5.91 Å². The number of rotatable bonds is 8. The molecule has 2 aromatic carbocycles. The number of carbonyl (C=O) groups is 1. The van der Waals surface area contributed by atoms with Gasteiger partial charge in [-0.1, -0.05) is 18.2 Å². The number of amides is 1. The minimum atomic E-state index is -4.44. The van der Waals surface area contributed by atoms with Crippen LogP contribution in [-0.2, 0) is 11.0 Å². The molecule has 3 N–H and O–H groups in total. The fourth-order valence-corrected chi connectivity index (χ4v) is 2.30. The maximum absolute atomic E-state index is 12.7. The number of hydrazone groups is 1. The van der Waals surface area contributed by atoms with Crippen molar-refractivity contribution in [3.63, 3.8) is 0 Å². The predicted molar refractivity (Wildman–Crippen MR) is 102 cm³/mol. The molecule has 0 heterocycles. The summed E-state index contributed by atoms with van der Waals surface area (Å²) in [6, 6.07) is 11.9. The number of anilines is 2. The van der Waals surface area contributed by atoms with Crippen LogP contribution in [0.1, 0.15) is 11.1 Å². The molecule has 0 fully saturated rings. The smallest absolute Gasteiger partial charge is 0.395 e. The Morgan fingerprint density at radius 1 is 1.21 bits per heavy atom. The van der Waals surface area contributed by atoms with E-state index in [2.05, 4.69) is 15.8 Å². The Labute approximate surface area is 160 Å². The van der Waals surface area contributed by atoms with Crippen LogP contribution < -0.4 is 15.6 Å². The van der Waals surface area contributed by atoms with E-state index >= 15 is 0 Å². The Kier molecular flexibility index (Phi) is 7.39. The lowest BCUT2D eigenvalue weighted by atomic mass is 10.2. The number of likely N-dealkylation sites (N-methyl/N-ethyl adjacent to an activating group) is 1. The molecule has 0 aliphatic carbocycles. The van der Waals surface area contributed by atoms with Crippen molar-refractivity contribution in [2.75, 3.05) is 37.0 Å². The number of alkyl halides is 3. The normalized spacial score (nSPS) is 11.5. The van der Waals surface area contributed by atoms with Crippen molar-refractivity contribution in [1.29, 1.82) is 0 Å². The summed E-state index contributed by atoms with van der Waals surface area (Å²) in [5.74, 6) is -0.493. The first-order chi connectivity index (χ1) is 13.3. The van der Waals surface area contributed by atoms with Crippen LogP contribution in [-0.4, -0.2) is 44.0 Å². The van der Waals surface area contributed by atoms with Gasteiger partial charge >= 0.3 is 6.18 Å². The SMILES string of the molecule is CN(CCO)c1ccc(/C=N/NC(=O)CNc2cccc(C(F)(F)F)c2)cc1. The molecule has 9 heteroatoms. The highest BCUT2D eigenvalue weighted by Gasteiger charge is 2.30. The van der Waals surface area contributed by atoms with Gasteiger partial charge in [-0.05, 0) is 35.9 Å². The van der Waals surface area contributed by atoms with Gasteiger partial charge in [-0.25, -0.2) is 5.43 Å². The Hall–Kier alpha value is -3.07. The van der Waals surface area contributed by atoms with Crippen LogP contribution in [0.2, 0.25) is 0 Å². The second kappa shape index (κ2) is 9.75. The zero-order chi connectivity index (χ0) is 20.6. The third-order valence-electron chi connectivity index (χ3n) is 3.82. The average molecular weight is 394 g/mol. The highest BCUT2D eigenvalue weighted by Crippen LogP contribution is 2.30. The lowest BCUT2D eigenvalue weighted by Crippen LogP contribution is -2.26. The lowest BCUT2D eigenvalue weighted by Gasteiger charge is -2.17. The second-order valence-corrected chi connectivity index (χ2v) is 5.96. The Bertz CT molecular complexity index is 808. The molecular formula is C19H21F3N4O2. The lowest BCUT2D eigenvalue weighted by molar-refractivity contribution is -0.137. The molecule has 0 atom stereocenters.